The highest BCUT2D eigenvalue weighted by Gasteiger charge is 2.34. The molecule has 2 aliphatic rings. The second-order valence-corrected chi connectivity index (χ2v) is 14.7. The van der Waals surface area contributed by atoms with Crippen molar-refractivity contribution in [2.45, 2.75) is 90.3 Å². The van der Waals surface area contributed by atoms with Gasteiger partial charge in [-0.3, -0.25) is 4.98 Å². The van der Waals surface area contributed by atoms with Gasteiger partial charge in [-0.1, -0.05) is 76.6 Å². The van der Waals surface area contributed by atoms with Crippen LogP contribution in [0.25, 0.3) is 56.5 Å². The number of aromatic nitrogens is 4. The van der Waals surface area contributed by atoms with Crippen LogP contribution >= 0.6 is 0 Å². The van der Waals surface area contributed by atoms with Crippen molar-refractivity contribution in [3.63, 3.8) is 0 Å². The van der Waals surface area contributed by atoms with Crippen molar-refractivity contribution in [1.82, 2.24) is 19.9 Å². The van der Waals surface area contributed by atoms with Crippen LogP contribution in [-0.2, 0) is 12.8 Å². The van der Waals surface area contributed by atoms with E-state index >= 15 is 0 Å². The van der Waals surface area contributed by atoms with Crippen LogP contribution in [0.5, 0.6) is 0 Å². The number of aromatic carboxylic acids is 2. The Morgan fingerprint density at radius 2 is 1.00 bits per heavy atom. The van der Waals surface area contributed by atoms with E-state index in [1.165, 1.54) is 12.1 Å². The van der Waals surface area contributed by atoms with E-state index in [0.29, 0.717) is 40.0 Å². The minimum absolute atomic E-state index is 0.112. The lowest BCUT2D eigenvalue weighted by Crippen LogP contribution is -2.06. The van der Waals surface area contributed by atoms with E-state index < -0.39 is 24.1 Å². The number of unbranched alkanes of at least 4 members (excludes halogenated alkanes) is 6. The molecular formula is C46H48N4O6. The number of hydrogen-bond donors (Lipinski definition) is 6. The topological polar surface area (TPSA) is 172 Å². The zero-order valence-electron chi connectivity index (χ0n) is 31.8. The number of nitrogens with one attached hydrogen (secondary N) is 2. The first-order valence-corrected chi connectivity index (χ1v) is 19.7. The predicted octanol–water partition coefficient (Wildman–Crippen LogP) is 10.2. The molecule has 0 saturated heterocycles. The Morgan fingerprint density at radius 1 is 0.536 bits per heavy atom. The first-order chi connectivity index (χ1) is 27.2. The molecule has 8 bridgehead atoms. The first kappa shape index (κ1) is 38.4. The molecule has 56 heavy (non-hydrogen) atoms. The largest absolute Gasteiger partial charge is 0.478 e. The number of aryl methyl sites for hydroxylation is 2. The number of aromatic amines is 2. The third kappa shape index (κ3) is 7.80. The molecule has 10 heteroatoms. The number of hydrogen-bond acceptors (Lipinski definition) is 6. The molecule has 6 N–H and O–H groups in total. The first-order valence-electron chi connectivity index (χ1n) is 19.7. The minimum Gasteiger partial charge on any atom is -0.478 e. The van der Waals surface area contributed by atoms with E-state index in [1.54, 1.807) is 36.4 Å². The molecule has 0 fully saturated rings. The third-order valence-corrected chi connectivity index (χ3v) is 10.8. The van der Waals surface area contributed by atoms with Crippen LogP contribution in [-0.4, -0.2) is 52.3 Å². The number of H-pyrrole nitrogens is 2. The maximum atomic E-state index is 11.9. The van der Waals surface area contributed by atoms with Crippen molar-refractivity contribution in [3.8, 4) is 22.3 Å². The summed E-state index contributed by atoms with van der Waals surface area (Å²) in [6, 6.07) is 21.0. The van der Waals surface area contributed by atoms with Crippen LogP contribution in [0.15, 0.2) is 72.8 Å². The van der Waals surface area contributed by atoms with Crippen molar-refractivity contribution in [2.75, 3.05) is 0 Å². The monoisotopic (exact) mass is 752 g/mol. The number of aliphatic hydroxyl groups is 2. The Bertz CT molecular complexity index is 2440. The van der Waals surface area contributed by atoms with Gasteiger partial charge in [-0.05, 0) is 103 Å². The van der Waals surface area contributed by atoms with Crippen LogP contribution in [0.1, 0.15) is 132 Å². The van der Waals surface area contributed by atoms with Crippen molar-refractivity contribution < 1.29 is 30.0 Å². The molecule has 2 aromatic carbocycles. The van der Waals surface area contributed by atoms with Gasteiger partial charge in [0.25, 0.3) is 0 Å². The molecular weight excluding hydrogens is 705 g/mol. The Morgan fingerprint density at radius 3 is 1.57 bits per heavy atom. The van der Waals surface area contributed by atoms with Gasteiger partial charge in [-0.2, -0.15) is 0 Å². The molecule has 3 aromatic heterocycles. The number of aliphatic hydroxyl groups excluding tert-OH is 2. The standard InChI is InChI=1S/C46H48N4O6/c1-3-5-7-9-11-31-33-21-22-35(47-33)32(12-10-8-6-4-2)41-43(51)44(52)42(50-41)40(28-15-19-30(20-16-28)46(55)56)38-26-25-37(49-38)39(36-24-23-34(31)48-36)27-13-17-29(18-14-27)45(53)54/h13-26,43-44,47,49,51-52H,3-12H2,1-2H3,(H,53,54)(H,55,56)/t43-,44+/m0/s1. The van der Waals surface area contributed by atoms with Crippen molar-refractivity contribution in [3.05, 3.63) is 118 Å². The highest BCUT2D eigenvalue weighted by molar-refractivity contribution is 5.95. The molecule has 10 nitrogen and oxygen atoms in total. The van der Waals surface area contributed by atoms with Gasteiger partial charge in [0.15, 0.2) is 0 Å². The summed E-state index contributed by atoms with van der Waals surface area (Å²) in [6.07, 6.45) is 11.2. The number of nitrogens with zero attached hydrogens (tertiary/aromatic N) is 2. The van der Waals surface area contributed by atoms with E-state index in [0.717, 1.165) is 96.8 Å². The van der Waals surface area contributed by atoms with Crippen LogP contribution in [0.4, 0.5) is 0 Å². The van der Waals surface area contributed by atoms with Gasteiger partial charge < -0.3 is 30.4 Å². The van der Waals surface area contributed by atoms with Crippen LogP contribution in [0, 0.1) is 0 Å². The molecule has 7 rings (SSSR count). The molecule has 2 atom stereocenters. The number of rotatable bonds is 14. The normalized spacial score (nSPS) is 15.0. The van der Waals surface area contributed by atoms with E-state index in [9.17, 15) is 30.0 Å². The van der Waals surface area contributed by atoms with Crippen LogP contribution in [0.2, 0.25) is 0 Å². The van der Waals surface area contributed by atoms with Crippen molar-refractivity contribution in [2.24, 2.45) is 0 Å². The average molecular weight is 753 g/mol. The van der Waals surface area contributed by atoms with Crippen molar-refractivity contribution in [1.29, 1.82) is 0 Å². The predicted molar refractivity (Wildman–Crippen MR) is 220 cm³/mol. The second kappa shape index (κ2) is 16.9. The third-order valence-electron chi connectivity index (χ3n) is 10.8. The minimum atomic E-state index is -1.37. The summed E-state index contributed by atoms with van der Waals surface area (Å²) in [5.74, 6) is -2.08. The number of carboxylic acid groups (broad SMARTS) is 2. The van der Waals surface area contributed by atoms with Gasteiger partial charge in [-0.15, -0.1) is 0 Å². The lowest BCUT2D eigenvalue weighted by atomic mass is 9.97. The molecule has 288 valence electrons. The SMILES string of the molecule is CCCCCCc1c2nc(c(-c3ccc(C(=O)O)cc3)c3ccc([nH]3)c(-c3ccc(C(=O)O)cc3)c3nc(c(CCCCCC)c4ccc1[nH]4)[C@H](O)[C@@H]3O)C=C2. The lowest BCUT2D eigenvalue weighted by Gasteiger charge is -2.13. The summed E-state index contributed by atoms with van der Waals surface area (Å²) in [5.41, 5.74) is 10.0. The number of fused-ring (bicyclic) bond motifs is 8. The van der Waals surface area contributed by atoms with E-state index in [4.69, 9.17) is 9.97 Å². The molecule has 5 aromatic rings. The Hall–Kier alpha value is -5.84. The molecule has 0 saturated carbocycles. The molecule has 2 aliphatic heterocycles. The quantitative estimate of drug-likeness (QED) is 0.0597. The van der Waals surface area contributed by atoms with Gasteiger partial charge in [0.05, 0.1) is 33.9 Å². The lowest BCUT2D eigenvalue weighted by molar-refractivity contribution is 0.0252. The summed E-state index contributed by atoms with van der Waals surface area (Å²) in [5, 5.41) is 43.0. The Kier molecular flexibility index (Phi) is 11.6. The maximum Gasteiger partial charge on any atom is 0.335 e. The summed E-state index contributed by atoms with van der Waals surface area (Å²) in [7, 11) is 0. The van der Waals surface area contributed by atoms with Crippen LogP contribution in [0.3, 0.4) is 0 Å². The van der Waals surface area contributed by atoms with Gasteiger partial charge in [0.2, 0.25) is 0 Å². The molecule has 0 spiro atoms. The van der Waals surface area contributed by atoms with Gasteiger partial charge >= 0.3 is 11.9 Å². The van der Waals surface area contributed by atoms with Crippen LogP contribution < -0.4 is 0 Å². The molecule has 0 radical (unpaired) electrons. The van der Waals surface area contributed by atoms with Crippen molar-refractivity contribution >= 4 is 46.2 Å². The summed E-state index contributed by atoms with van der Waals surface area (Å²) in [6.45, 7) is 4.36. The molecule has 0 aliphatic carbocycles. The zero-order valence-corrected chi connectivity index (χ0v) is 31.8. The molecule has 0 amide bonds. The fourth-order valence-electron chi connectivity index (χ4n) is 7.81. The second-order valence-electron chi connectivity index (χ2n) is 14.7. The highest BCUT2D eigenvalue weighted by atomic mass is 16.4. The molecule has 5 heterocycles. The average Bonchev–Trinajstić information content (AvgIpc) is 4.03. The summed E-state index contributed by atoms with van der Waals surface area (Å²) >= 11 is 0. The number of benzene rings is 2. The zero-order chi connectivity index (χ0) is 39.3. The van der Waals surface area contributed by atoms with Gasteiger partial charge in [0.1, 0.15) is 12.2 Å². The van der Waals surface area contributed by atoms with Gasteiger partial charge in [0, 0.05) is 38.8 Å². The fraction of sp³-hybridized carbons (Fsp3) is 0.304. The summed E-state index contributed by atoms with van der Waals surface area (Å²) < 4.78 is 0. The van der Waals surface area contributed by atoms with E-state index in [-0.39, 0.29) is 16.8 Å². The number of carbonyl (C=O) groups is 2. The van der Waals surface area contributed by atoms with E-state index in [1.807, 2.05) is 30.4 Å². The Labute approximate surface area is 325 Å². The molecule has 0 unspecified atom stereocenters. The maximum absolute atomic E-state index is 11.9. The van der Waals surface area contributed by atoms with E-state index in [2.05, 4.69) is 29.9 Å². The highest BCUT2D eigenvalue weighted by Crippen LogP contribution is 2.42. The summed E-state index contributed by atoms with van der Waals surface area (Å²) in [4.78, 5) is 41.2. The smallest absolute Gasteiger partial charge is 0.335 e. The number of carboxylic acids is 2. The van der Waals surface area contributed by atoms with Gasteiger partial charge in [-0.25, -0.2) is 14.6 Å². The fourth-order valence-corrected chi connectivity index (χ4v) is 7.81. The Balaban J connectivity index is 1.60.